The number of rotatable bonds is 4. The Morgan fingerprint density at radius 3 is 3.28 bits per heavy atom. The highest BCUT2D eigenvalue weighted by Crippen LogP contribution is 2.29. The van der Waals surface area contributed by atoms with Crippen molar-refractivity contribution in [1.29, 1.82) is 0 Å². The molecule has 0 radical (unpaired) electrons. The highest BCUT2D eigenvalue weighted by molar-refractivity contribution is 7.09. The Balaban J connectivity index is 1.53. The van der Waals surface area contributed by atoms with Crippen LogP contribution in [-0.4, -0.2) is 36.8 Å². The predicted octanol–water partition coefficient (Wildman–Crippen LogP) is 1.39. The summed E-state index contributed by atoms with van der Waals surface area (Å²) in [7, 11) is 0. The van der Waals surface area contributed by atoms with Gasteiger partial charge in [0.2, 0.25) is 0 Å². The Hall–Kier alpha value is -0.490. The Bertz CT molecular complexity index is 351. The topological polar surface area (TPSA) is 46.2 Å². The second kappa shape index (κ2) is 6.10. The lowest BCUT2D eigenvalue weighted by molar-refractivity contribution is 0.0524. The lowest BCUT2D eigenvalue weighted by atomic mass is 9.94. The minimum atomic E-state index is 0.537. The quantitative estimate of drug-likeness (QED) is 0.865. The number of aromatic nitrogens is 1. The number of nitrogens with one attached hydrogen (secondary N) is 2. The maximum atomic E-state index is 5.59. The van der Waals surface area contributed by atoms with Gasteiger partial charge in [0.25, 0.3) is 0 Å². The van der Waals surface area contributed by atoms with E-state index in [0.29, 0.717) is 18.0 Å². The van der Waals surface area contributed by atoms with Gasteiger partial charge in [0, 0.05) is 36.8 Å². The molecule has 2 heterocycles. The van der Waals surface area contributed by atoms with Gasteiger partial charge in [-0.15, -0.1) is 11.3 Å². The third-order valence-electron chi connectivity index (χ3n) is 4.04. The fourth-order valence-corrected chi connectivity index (χ4v) is 3.71. The van der Waals surface area contributed by atoms with E-state index in [4.69, 9.17) is 4.74 Å². The molecular weight excluding hydrogens is 246 g/mol. The zero-order valence-corrected chi connectivity index (χ0v) is 11.4. The minimum absolute atomic E-state index is 0.537. The number of hydrogen-bond donors (Lipinski definition) is 2. The normalized spacial score (nSPS) is 32.8. The van der Waals surface area contributed by atoms with E-state index in [2.05, 4.69) is 15.6 Å². The summed E-state index contributed by atoms with van der Waals surface area (Å²) in [6.07, 6.45) is 5.81. The van der Waals surface area contributed by atoms with E-state index < -0.39 is 0 Å². The van der Waals surface area contributed by atoms with Crippen LogP contribution in [0.3, 0.4) is 0 Å². The van der Waals surface area contributed by atoms with Crippen LogP contribution in [-0.2, 0) is 11.3 Å². The molecular formula is C13H21N3OS. The molecule has 18 heavy (non-hydrogen) atoms. The van der Waals surface area contributed by atoms with Gasteiger partial charge in [0.05, 0.1) is 13.2 Å². The average molecular weight is 267 g/mol. The van der Waals surface area contributed by atoms with Crippen molar-refractivity contribution in [2.75, 3.05) is 19.8 Å². The van der Waals surface area contributed by atoms with Crippen molar-refractivity contribution in [3.63, 3.8) is 0 Å². The van der Waals surface area contributed by atoms with Crippen LogP contribution in [0, 0.1) is 5.92 Å². The summed E-state index contributed by atoms with van der Waals surface area (Å²) in [5.74, 6) is 0.713. The van der Waals surface area contributed by atoms with E-state index in [-0.39, 0.29) is 0 Å². The molecule has 2 N–H and O–H groups in total. The van der Waals surface area contributed by atoms with Crippen LogP contribution < -0.4 is 10.6 Å². The molecule has 4 nitrogen and oxygen atoms in total. The first-order valence-electron chi connectivity index (χ1n) is 6.86. The van der Waals surface area contributed by atoms with Gasteiger partial charge in [-0.25, -0.2) is 4.98 Å². The number of morpholine rings is 1. The van der Waals surface area contributed by atoms with Crippen molar-refractivity contribution >= 4 is 11.3 Å². The van der Waals surface area contributed by atoms with Gasteiger partial charge in [-0.3, -0.25) is 0 Å². The predicted molar refractivity (Wildman–Crippen MR) is 72.7 cm³/mol. The molecule has 1 aromatic heterocycles. The number of hydrogen-bond acceptors (Lipinski definition) is 5. The highest BCUT2D eigenvalue weighted by Gasteiger charge is 2.34. The maximum Gasteiger partial charge on any atom is 0.106 e. The Kier molecular flexibility index (Phi) is 4.25. The van der Waals surface area contributed by atoms with Crippen LogP contribution in [0.5, 0.6) is 0 Å². The Morgan fingerprint density at radius 2 is 2.50 bits per heavy atom. The van der Waals surface area contributed by atoms with E-state index >= 15 is 0 Å². The maximum absolute atomic E-state index is 5.59. The van der Waals surface area contributed by atoms with E-state index in [1.165, 1.54) is 24.3 Å². The van der Waals surface area contributed by atoms with Crippen molar-refractivity contribution in [3.8, 4) is 0 Å². The number of ether oxygens (including phenoxy) is 1. The van der Waals surface area contributed by atoms with E-state index in [1.807, 2.05) is 11.6 Å². The minimum Gasteiger partial charge on any atom is -0.379 e. The first-order chi connectivity index (χ1) is 8.93. The third kappa shape index (κ3) is 2.91. The van der Waals surface area contributed by atoms with Gasteiger partial charge < -0.3 is 15.4 Å². The molecule has 2 fully saturated rings. The van der Waals surface area contributed by atoms with Gasteiger partial charge in [0.1, 0.15) is 5.01 Å². The number of thiazole rings is 1. The molecule has 1 aliphatic carbocycles. The van der Waals surface area contributed by atoms with Crippen molar-refractivity contribution < 1.29 is 4.74 Å². The highest BCUT2D eigenvalue weighted by atomic mass is 32.1. The van der Waals surface area contributed by atoms with Crippen molar-refractivity contribution in [1.82, 2.24) is 15.6 Å². The first-order valence-corrected chi connectivity index (χ1v) is 7.74. The largest absolute Gasteiger partial charge is 0.379 e. The van der Waals surface area contributed by atoms with Crippen LogP contribution in [0.2, 0.25) is 0 Å². The standard InChI is InChI=1S/C13H21N3OS/c1-2-10(12-9-17-6-4-14-12)11(3-1)16-8-13-15-5-7-18-13/h5,7,10-12,14,16H,1-4,6,8-9H2. The summed E-state index contributed by atoms with van der Waals surface area (Å²) in [5.41, 5.74) is 0. The molecule has 1 aromatic rings. The van der Waals surface area contributed by atoms with E-state index in [1.54, 1.807) is 11.3 Å². The first kappa shape index (κ1) is 12.5. The molecule has 0 aromatic carbocycles. The fourth-order valence-electron chi connectivity index (χ4n) is 3.14. The number of nitrogens with zero attached hydrogens (tertiary/aromatic N) is 1. The summed E-state index contributed by atoms with van der Waals surface area (Å²) in [6.45, 7) is 3.65. The molecule has 3 rings (SSSR count). The fraction of sp³-hybridized carbons (Fsp3) is 0.769. The molecule has 100 valence electrons. The average Bonchev–Trinajstić information content (AvgIpc) is 3.09. The van der Waals surface area contributed by atoms with Gasteiger partial charge in [0.15, 0.2) is 0 Å². The summed E-state index contributed by atoms with van der Waals surface area (Å²) < 4.78 is 5.59. The van der Waals surface area contributed by atoms with Gasteiger partial charge in [-0.05, 0) is 18.8 Å². The Labute approximate surface area is 112 Å². The molecule has 0 amide bonds. The molecule has 3 unspecified atom stereocenters. The van der Waals surface area contributed by atoms with E-state index in [0.717, 1.165) is 26.3 Å². The van der Waals surface area contributed by atoms with Crippen LogP contribution in [0.4, 0.5) is 0 Å². The Morgan fingerprint density at radius 1 is 1.50 bits per heavy atom. The molecule has 5 heteroatoms. The summed E-state index contributed by atoms with van der Waals surface area (Å²) in [5, 5.41) is 10.5. The smallest absolute Gasteiger partial charge is 0.106 e. The van der Waals surface area contributed by atoms with Crippen LogP contribution in [0.15, 0.2) is 11.6 Å². The lowest BCUT2D eigenvalue weighted by Crippen LogP contribution is -2.50. The van der Waals surface area contributed by atoms with Crippen molar-refractivity contribution in [3.05, 3.63) is 16.6 Å². The summed E-state index contributed by atoms with van der Waals surface area (Å²) in [6, 6.07) is 1.16. The lowest BCUT2D eigenvalue weighted by Gasteiger charge is -2.32. The monoisotopic (exact) mass is 267 g/mol. The van der Waals surface area contributed by atoms with E-state index in [9.17, 15) is 0 Å². The molecule has 0 bridgehead atoms. The molecule has 3 atom stereocenters. The van der Waals surface area contributed by atoms with Crippen LogP contribution in [0.1, 0.15) is 24.3 Å². The molecule has 1 aliphatic heterocycles. The zero-order chi connectivity index (χ0) is 12.2. The van der Waals surface area contributed by atoms with Crippen LogP contribution in [0.25, 0.3) is 0 Å². The molecule has 2 aliphatic rings. The zero-order valence-electron chi connectivity index (χ0n) is 10.6. The molecule has 0 spiro atoms. The van der Waals surface area contributed by atoms with Gasteiger partial charge in [-0.2, -0.15) is 0 Å². The van der Waals surface area contributed by atoms with Crippen molar-refractivity contribution in [2.24, 2.45) is 5.92 Å². The van der Waals surface area contributed by atoms with Gasteiger partial charge in [-0.1, -0.05) is 6.42 Å². The summed E-state index contributed by atoms with van der Waals surface area (Å²) >= 11 is 1.73. The second-order valence-electron chi connectivity index (χ2n) is 5.14. The molecule has 1 saturated carbocycles. The SMILES string of the molecule is c1csc(CNC2CCCC2C2COCCN2)n1. The second-order valence-corrected chi connectivity index (χ2v) is 6.12. The van der Waals surface area contributed by atoms with Crippen LogP contribution >= 0.6 is 11.3 Å². The molecule has 1 saturated heterocycles. The van der Waals surface area contributed by atoms with Crippen molar-refractivity contribution in [2.45, 2.75) is 37.9 Å². The third-order valence-corrected chi connectivity index (χ3v) is 4.82. The van der Waals surface area contributed by atoms with Gasteiger partial charge >= 0.3 is 0 Å². The summed E-state index contributed by atoms with van der Waals surface area (Å²) in [4.78, 5) is 4.33.